The zero-order valence-corrected chi connectivity index (χ0v) is 9.57. The largest absolute Gasteiger partial charge is 0.508 e. The summed E-state index contributed by atoms with van der Waals surface area (Å²) in [6, 6.07) is 12.6. The monoisotopic (exact) mass is 244 g/mol. The molecular formula is C13H9ClN2O. The van der Waals surface area contributed by atoms with Crippen molar-refractivity contribution >= 4 is 22.5 Å². The minimum absolute atomic E-state index is 0.247. The average molecular weight is 245 g/mol. The van der Waals surface area contributed by atoms with E-state index in [0.29, 0.717) is 5.02 Å². The van der Waals surface area contributed by atoms with Gasteiger partial charge in [-0.2, -0.15) is 5.10 Å². The smallest absolute Gasteiger partial charge is 0.115 e. The molecule has 3 aromatic rings. The normalized spacial score (nSPS) is 10.9. The highest BCUT2D eigenvalue weighted by Gasteiger charge is 2.07. The number of fused-ring (bicyclic) bond motifs is 1. The van der Waals surface area contributed by atoms with Crippen molar-refractivity contribution in [1.82, 2.24) is 10.2 Å². The fourth-order valence-electron chi connectivity index (χ4n) is 1.83. The number of hydrogen-bond donors (Lipinski definition) is 2. The molecule has 1 heterocycles. The van der Waals surface area contributed by atoms with Crippen LogP contribution >= 0.6 is 11.6 Å². The van der Waals surface area contributed by atoms with Crippen LogP contribution in [0.25, 0.3) is 22.2 Å². The van der Waals surface area contributed by atoms with Crippen LogP contribution in [0.1, 0.15) is 0 Å². The molecule has 2 aromatic carbocycles. The van der Waals surface area contributed by atoms with E-state index in [-0.39, 0.29) is 5.75 Å². The van der Waals surface area contributed by atoms with Crippen LogP contribution in [0.4, 0.5) is 0 Å². The van der Waals surface area contributed by atoms with Gasteiger partial charge in [0.1, 0.15) is 5.75 Å². The average Bonchev–Trinajstić information content (AvgIpc) is 2.73. The zero-order valence-electron chi connectivity index (χ0n) is 8.81. The lowest BCUT2D eigenvalue weighted by atomic mass is 10.1. The fourth-order valence-corrected chi connectivity index (χ4v) is 2.00. The summed E-state index contributed by atoms with van der Waals surface area (Å²) >= 11 is 5.91. The maximum atomic E-state index is 9.26. The Bertz CT molecular complexity index is 673. The van der Waals surface area contributed by atoms with Gasteiger partial charge in [0.2, 0.25) is 0 Å². The molecule has 0 amide bonds. The highest BCUT2D eigenvalue weighted by molar-refractivity contribution is 6.31. The lowest BCUT2D eigenvalue weighted by Crippen LogP contribution is -1.77. The van der Waals surface area contributed by atoms with E-state index >= 15 is 0 Å². The molecule has 0 atom stereocenters. The van der Waals surface area contributed by atoms with Crippen molar-refractivity contribution in [2.75, 3.05) is 0 Å². The fraction of sp³-hybridized carbons (Fsp3) is 0. The summed E-state index contributed by atoms with van der Waals surface area (Å²) in [6.07, 6.45) is 0. The SMILES string of the molecule is Oc1ccc(-c2n[nH]c3cc(Cl)ccc23)cc1. The number of nitrogens with zero attached hydrogens (tertiary/aromatic N) is 1. The van der Waals surface area contributed by atoms with Crippen LogP contribution in [-0.4, -0.2) is 15.3 Å². The third-order valence-corrected chi connectivity index (χ3v) is 2.90. The van der Waals surface area contributed by atoms with E-state index in [1.807, 2.05) is 30.3 Å². The highest BCUT2D eigenvalue weighted by Crippen LogP contribution is 2.28. The second kappa shape index (κ2) is 3.79. The first-order chi connectivity index (χ1) is 8.24. The van der Waals surface area contributed by atoms with Crippen molar-refractivity contribution in [2.24, 2.45) is 0 Å². The Labute approximate surface area is 103 Å². The molecule has 0 radical (unpaired) electrons. The summed E-state index contributed by atoms with van der Waals surface area (Å²) < 4.78 is 0. The molecule has 0 bridgehead atoms. The van der Waals surface area contributed by atoms with Crippen molar-refractivity contribution < 1.29 is 5.11 Å². The molecule has 3 nitrogen and oxygen atoms in total. The third-order valence-electron chi connectivity index (χ3n) is 2.67. The number of aromatic hydroxyl groups is 1. The molecule has 0 aliphatic heterocycles. The second-order valence-corrected chi connectivity index (χ2v) is 4.25. The number of benzene rings is 2. The molecule has 0 aliphatic rings. The van der Waals surface area contributed by atoms with Crippen molar-refractivity contribution in [2.45, 2.75) is 0 Å². The Hall–Kier alpha value is -2.00. The summed E-state index contributed by atoms with van der Waals surface area (Å²) in [5, 5.41) is 18.2. The molecule has 0 saturated carbocycles. The summed E-state index contributed by atoms with van der Waals surface area (Å²) in [5.74, 6) is 0.247. The number of halogens is 1. The van der Waals surface area contributed by atoms with Gasteiger partial charge in [-0.15, -0.1) is 0 Å². The number of rotatable bonds is 1. The molecule has 1 aromatic heterocycles. The van der Waals surface area contributed by atoms with Gasteiger partial charge in [-0.25, -0.2) is 0 Å². The van der Waals surface area contributed by atoms with E-state index in [1.165, 1.54) is 0 Å². The van der Waals surface area contributed by atoms with Crippen LogP contribution in [0.2, 0.25) is 5.02 Å². The molecule has 0 aliphatic carbocycles. The Kier molecular flexibility index (Phi) is 2.27. The van der Waals surface area contributed by atoms with Gasteiger partial charge in [-0.05, 0) is 42.5 Å². The van der Waals surface area contributed by atoms with E-state index in [1.54, 1.807) is 12.1 Å². The van der Waals surface area contributed by atoms with Crippen LogP contribution in [0.5, 0.6) is 5.75 Å². The highest BCUT2D eigenvalue weighted by atomic mass is 35.5. The second-order valence-electron chi connectivity index (χ2n) is 3.81. The maximum absolute atomic E-state index is 9.26. The summed E-state index contributed by atoms with van der Waals surface area (Å²) in [6.45, 7) is 0. The van der Waals surface area contributed by atoms with Gasteiger partial charge in [0, 0.05) is 16.0 Å². The van der Waals surface area contributed by atoms with E-state index in [4.69, 9.17) is 11.6 Å². The Balaban J connectivity index is 2.21. The number of aromatic amines is 1. The van der Waals surface area contributed by atoms with Crippen LogP contribution in [0.15, 0.2) is 42.5 Å². The molecule has 0 fully saturated rings. The molecule has 3 rings (SSSR count). The lowest BCUT2D eigenvalue weighted by molar-refractivity contribution is 0.475. The number of phenols is 1. The quantitative estimate of drug-likeness (QED) is 0.687. The first-order valence-electron chi connectivity index (χ1n) is 5.17. The predicted molar refractivity (Wildman–Crippen MR) is 68.2 cm³/mol. The van der Waals surface area contributed by atoms with Gasteiger partial charge in [-0.1, -0.05) is 11.6 Å². The van der Waals surface area contributed by atoms with E-state index in [0.717, 1.165) is 22.2 Å². The number of H-pyrrole nitrogens is 1. The van der Waals surface area contributed by atoms with Gasteiger partial charge in [-0.3, -0.25) is 5.10 Å². The van der Waals surface area contributed by atoms with Crippen molar-refractivity contribution in [1.29, 1.82) is 0 Å². The summed E-state index contributed by atoms with van der Waals surface area (Å²) in [5.41, 5.74) is 2.72. The molecule has 0 unspecified atom stereocenters. The zero-order chi connectivity index (χ0) is 11.8. The van der Waals surface area contributed by atoms with Crippen LogP contribution in [-0.2, 0) is 0 Å². The Morgan fingerprint density at radius 1 is 1.06 bits per heavy atom. The van der Waals surface area contributed by atoms with E-state index < -0.39 is 0 Å². The molecule has 4 heteroatoms. The Morgan fingerprint density at radius 3 is 2.59 bits per heavy atom. The summed E-state index contributed by atoms with van der Waals surface area (Å²) in [7, 11) is 0. The number of hydrogen-bond acceptors (Lipinski definition) is 2. The minimum atomic E-state index is 0.247. The third kappa shape index (κ3) is 1.74. The van der Waals surface area contributed by atoms with Gasteiger partial charge in [0.15, 0.2) is 0 Å². The number of nitrogens with one attached hydrogen (secondary N) is 1. The Morgan fingerprint density at radius 2 is 1.82 bits per heavy atom. The first kappa shape index (κ1) is 10.2. The van der Waals surface area contributed by atoms with Crippen LogP contribution < -0.4 is 0 Å². The standard InChI is InChI=1S/C13H9ClN2O/c14-9-3-6-11-12(7-9)15-16-13(11)8-1-4-10(17)5-2-8/h1-7,17H,(H,15,16). The van der Waals surface area contributed by atoms with Gasteiger partial charge in [0.25, 0.3) is 0 Å². The van der Waals surface area contributed by atoms with Crippen LogP contribution in [0, 0.1) is 0 Å². The molecule has 2 N–H and O–H groups in total. The maximum Gasteiger partial charge on any atom is 0.115 e. The number of phenolic OH excluding ortho intramolecular Hbond substituents is 1. The van der Waals surface area contributed by atoms with Crippen molar-refractivity contribution in [3.8, 4) is 17.0 Å². The van der Waals surface area contributed by atoms with Gasteiger partial charge in [0.05, 0.1) is 11.2 Å². The van der Waals surface area contributed by atoms with E-state index in [2.05, 4.69) is 10.2 Å². The summed E-state index contributed by atoms with van der Waals surface area (Å²) in [4.78, 5) is 0. The molecular weight excluding hydrogens is 236 g/mol. The van der Waals surface area contributed by atoms with Crippen molar-refractivity contribution in [3.05, 3.63) is 47.5 Å². The minimum Gasteiger partial charge on any atom is -0.508 e. The van der Waals surface area contributed by atoms with Crippen LogP contribution in [0.3, 0.4) is 0 Å². The lowest BCUT2D eigenvalue weighted by Gasteiger charge is -1.98. The molecule has 84 valence electrons. The molecule has 17 heavy (non-hydrogen) atoms. The topological polar surface area (TPSA) is 48.9 Å². The predicted octanol–water partition coefficient (Wildman–Crippen LogP) is 3.59. The molecule has 0 spiro atoms. The van der Waals surface area contributed by atoms with Gasteiger partial charge >= 0.3 is 0 Å². The van der Waals surface area contributed by atoms with E-state index in [9.17, 15) is 5.11 Å². The van der Waals surface area contributed by atoms with Crippen molar-refractivity contribution in [3.63, 3.8) is 0 Å². The van der Waals surface area contributed by atoms with Gasteiger partial charge < -0.3 is 5.11 Å². The first-order valence-corrected chi connectivity index (χ1v) is 5.55. The number of aromatic nitrogens is 2. The molecule has 0 saturated heterocycles.